The van der Waals surface area contributed by atoms with Crippen LogP contribution in [0.3, 0.4) is 0 Å². The Morgan fingerprint density at radius 2 is 1.95 bits per heavy atom. The number of carbonyl (C=O) groups is 1. The number of fused-ring (bicyclic) bond motifs is 1. The van der Waals surface area contributed by atoms with E-state index in [1.165, 1.54) is 25.7 Å². The minimum atomic E-state index is -0.861. The van der Waals surface area contributed by atoms with Crippen molar-refractivity contribution in [3.63, 3.8) is 0 Å². The molecular formula is C18H23NO2. The highest BCUT2D eigenvalue weighted by molar-refractivity contribution is 5.92. The summed E-state index contributed by atoms with van der Waals surface area (Å²) in [5.74, 6) is -0.0344. The number of rotatable bonds is 4. The van der Waals surface area contributed by atoms with E-state index in [1.54, 1.807) is 13.8 Å². The molecule has 1 aliphatic carbocycles. The molecule has 1 saturated carbocycles. The van der Waals surface area contributed by atoms with Gasteiger partial charge in [0, 0.05) is 23.6 Å². The second-order valence-corrected chi connectivity index (χ2v) is 6.79. The molecule has 3 nitrogen and oxygen atoms in total. The zero-order chi connectivity index (χ0) is 15.0. The van der Waals surface area contributed by atoms with Gasteiger partial charge < -0.3 is 9.67 Å². The maximum absolute atomic E-state index is 11.6. The number of nitrogens with zero attached hydrogens (tertiary/aromatic N) is 1. The molecule has 3 heteroatoms. The molecule has 1 aromatic heterocycles. The Balaban J connectivity index is 2.07. The van der Waals surface area contributed by atoms with Crippen LogP contribution in [-0.2, 0) is 16.8 Å². The molecule has 0 unspecified atom stereocenters. The van der Waals surface area contributed by atoms with E-state index >= 15 is 0 Å². The lowest BCUT2D eigenvalue weighted by molar-refractivity contribution is -0.142. The van der Waals surface area contributed by atoms with Crippen molar-refractivity contribution >= 4 is 16.9 Å². The molecule has 2 aromatic rings. The average molecular weight is 285 g/mol. The molecule has 0 amide bonds. The van der Waals surface area contributed by atoms with E-state index in [-0.39, 0.29) is 0 Å². The molecule has 1 aromatic carbocycles. The number of aromatic nitrogens is 1. The second-order valence-electron chi connectivity index (χ2n) is 6.79. The van der Waals surface area contributed by atoms with Crippen molar-refractivity contribution in [1.82, 2.24) is 4.57 Å². The third-order valence-corrected chi connectivity index (χ3v) is 4.93. The van der Waals surface area contributed by atoms with Gasteiger partial charge in [-0.3, -0.25) is 4.79 Å². The fourth-order valence-corrected chi connectivity index (χ4v) is 3.48. The first-order chi connectivity index (χ1) is 10.00. The zero-order valence-electron chi connectivity index (χ0n) is 12.8. The summed E-state index contributed by atoms with van der Waals surface area (Å²) in [6.07, 6.45) is 7.32. The normalized spacial score (nSPS) is 16.7. The summed E-state index contributed by atoms with van der Waals surface area (Å²) in [4.78, 5) is 11.6. The van der Waals surface area contributed by atoms with Crippen molar-refractivity contribution in [3.05, 3.63) is 36.0 Å². The minimum absolute atomic E-state index is 0.738. The van der Waals surface area contributed by atoms with Crippen LogP contribution < -0.4 is 0 Å². The maximum Gasteiger partial charge on any atom is 0.313 e. The standard InChI is InChI=1S/C18H23NO2/c1-18(2,17(20)21)15-12-19(11-13-7-3-4-8-13)16-10-6-5-9-14(15)16/h5-6,9-10,12-13H,3-4,7-8,11H2,1-2H3,(H,20,21). The highest BCUT2D eigenvalue weighted by Crippen LogP contribution is 2.34. The summed E-state index contributed by atoms with van der Waals surface area (Å²) < 4.78 is 2.27. The number of carboxylic acids is 1. The van der Waals surface area contributed by atoms with Crippen LogP contribution in [0.5, 0.6) is 0 Å². The van der Waals surface area contributed by atoms with Crippen molar-refractivity contribution in [1.29, 1.82) is 0 Å². The van der Waals surface area contributed by atoms with Crippen LogP contribution in [0.2, 0.25) is 0 Å². The summed E-state index contributed by atoms with van der Waals surface area (Å²) in [7, 11) is 0. The summed E-state index contributed by atoms with van der Waals surface area (Å²) in [6, 6.07) is 8.17. The van der Waals surface area contributed by atoms with Crippen LogP contribution in [0.15, 0.2) is 30.5 Å². The van der Waals surface area contributed by atoms with Crippen LogP contribution in [0.1, 0.15) is 45.1 Å². The number of carboxylic acid groups (broad SMARTS) is 1. The molecule has 0 spiro atoms. The van der Waals surface area contributed by atoms with Crippen molar-refractivity contribution in [2.24, 2.45) is 5.92 Å². The Labute approximate surface area is 125 Å². The van der Waals surface area contributed by atoms with Gasteiger partial charge in [-0.25, -0.2) is 0 Å². The van der Waals surface area contributed by atoms with Gasteiger partial charge in [0.2, 0.25) is 0 Å². The molecule has 1 aliphatic rings. The predicted molar refractivity (Wildman–Crippen MR) is 84.6 cm³/mol. The number of benzene rings is 1. The van der Waals surface area contributed by atoms with Gasteiger partial charge in [-0.15, -0.1) is 0 Å². The first-order valence-electron chi connectivity index (χ1n) is 7.82. The van der Waals surface area contributed by atoms with Crippen molar-refractivity contribution in [3.8, 4) is 0 Å². The van der Waals surface area contributed by atoms with Crippen molar-refractivity contribution < 1.29 is 9.90 Å². The number of hydrogen-bond donors (Lipinski definition) is 1. The molecule has 1 N–H and O–H groups in total. The summed E-state index contributed by atoms with van der Waals surface area (Å²) in [6.45, 7) is 4.59. The van der Waals surface area contributed by atoms with E-state index in [1.807, 2.05) is 18.2 Å². The first-order valence-corrected chi connectivity index (χ1v) is 7.82. The molecule has 0 saturated heterocycles. The largest absolute Gasteiger partial charge is 0.481 e. The van der Waals surface area contributed by atoms with Gasteiger partial charge in [0.15, 0.2) is 0 Å². The molecule has 3 rings (SSSR count). The third-order valence-electron chi connectivity index (χ3n) is 4.93. The quantitative estimate of drug-likeness (QED) is 0.915. The fourth-order valence-electron chi connectivity index (χ4n) is 3.48. The van der Waals surface area contributed by atoms with Crippen molar-refractivity contribution in [2.75, 3.05) is 0 Å². The SMILES string of the molecule is CC(C)(C(=O)O)c1cn(CC2CCCC2)c2ccccc12. The van der Waals surface area contributed by atoms with Gasteiger partial charge in [-0.2, -0.15) is 0 Å². The van der Waals surface area contributed by atoms with Crippen LogP contribution in [0.25, 0.3) is 10.9 Å². The maximum atomic E-state index is 11.6. The highest BCUT2D eigenvalue weighted by atomic mass is 16.4. The lowest BCUT2D eigenvalue weighted by Crippen LogP contribution is -2.28. The molecule has 1 fully saturated rings. The molecule has 0 radical (unpaired) electrons. The van der Waals surface area contributed by atoms with E-state index in [4.69, 9.17) is 0 Å². The van der Waals surface area contributed by atoms with Gasteiger partial charge in [0.1, 0.15) is 0 Å². The third kappa shape index (κ3) is 2.45. The first kappa shape index (κ1) is 14.2. The number of aliphatic carboxylic acids is 1. The van der Waals surface area contributed by atoms with Crippen LogP contribution in [0, 0.1) is 5.92 Å². The van der Waals surface area contributed by atoms with Gasteiger partial charge in [-0.05, 0) is 44.2 Å². The van der Waals surface area contributed by atoms with Crippen LogP contribution >= 0.6 is 0 Å². The summed E-state index contributed by atoms with van der Waals surface area (Å²) >= 11 is 0. The minimum Gasteiger partial charge on any atom is -0.481 e. The van der Waals surface area contributed by atoms with Gasteiger partial charge >= 0.3 is 5.97 Å². The Hall–Kier alpha value is -1.77. The van der Waals surface area contributed by atoms with Crippen LogP contribution in [0.4, 0.5) is 0 Å². The lowest BCUT2D eigenvalue weighted by atomic mass is 9.85. The smallest absolute Gasteiger partial charge is 0.313 e. The molecule has 21 heavy (non-hydrogen) atoms. The van der Waals surface area contributed by atoms with E-state index in [0.29, 0.717) is 0 Å². The van der Waals surface area contributed by atoms with Gasteiger partial charge in [0.25, 0.3) is 0 Å². The van der Waals surface area contributed by atoms with E-state index < -0.39 is 11.4 Å². The van der Waals surface area contributed by atoms with E-state index in [0.717, 1.165) is 28.9 Å². The lowest BCUT2D eigenvalue weighted by Gasteiger charge is -2.18. The summed E-state index contributed by atoms with van der Waals surface area (Å²) in [5.41, 5.74) is 1.22. The second kappa shape index (κ2) is 5.21. The topological polar surface area (TPSA) is 42.2 Å². The summed E-state index contributed by atoms with van der Waals surface area (Å²) in [5, 5.41) is 10.6. The molecule has 1 heterocycles. The highest BCUT2D eigenvalue weighted by Gasteiger charge is 2.33. The predicted octanol–water partition coefficient (Wildman–Crippen LogP) is 4.19. The number of para-hydroxylation sites is 1. The van der Waals surface area contributed by atoms with E-state index in [2.05, 4.69) is 16.8 Å². The zero-order valence-corrected chi connectivity index (χ0v) is 12.8. The fraction of sp³-hybridized carbons (Fsp3) is 0.500. The van der Waals surface area contributed by atoms with E-state index in [9.17, 15) is 9.90 Å². The number of hydrogen-bond acceptors (Lipinski definition) is 1. The van der Waals surface area contributed by atoms with Gasteiger partial charge in [0.05, 0.1) is 5.41 Å². The molecule has 0 atom stereocenters. The Morgan fingerprint density at radius 3 is 2.62 bits per heavy atom. The Bertz CT molecular complexity index is 663. The molecule has 0 aliphatic heterocycles. The monoisotopic (exact) mass is 285 g/mol. The molecule has 112 valence electrons. The Morgan fingerprint density at radius 1 is 1.29 bits per heavy atom. The Kier molecular flexibility index (Phi) is 3.52. The van der Waals surface area contributed by atoms with Gasteiger partial charge in [-0.1, -0.05) is 31.0 Å². The molecular weight excluding hydrogens is 262 g/mol. The van der Waals surface area contributed by atoms with Crippen LogP contribution in [-0.4, -0.2) is 15.6 Å². The average Bonchev–Trinajstić information content (AvgIpc) is 3.08. The molecule has 0 bridgehead atoms. The van der Waals surface area contributed by atoms with Crippen molar-refractivity contribution in [2.45, 2.75) is 51.5 Å².